The van der Waals surface area contributed by atoms with Crippen molar-refractivity contribution in [1.82, 2.24) is 4.90 Å². The van der Waals surface area contributed by atoms with Crippen LogP contribution in [0.5, 0.6) is 0 Å². The molecule has 1 unspecified atom stereocenters. The van der Waals surface area contributed by atoms with E-state index in [1.807, 2.05) is 17.8 Å². The summed E-state index contributed by atoms with van der Waals surface area (Å²) in [5.41, 5.74) is 1.52. The van der Waals surface area contributed by atoms with Gasteiger partial charge in [-0.2, -0.15) is 0 Å². The zero-order valence-corrected chi connectivity index (χ0v) is 17.1. The first-order valence-corrected chi connectivity index (χ1v) is 11.1. The molecule has 0 saturated carbocycles. The molecule has 1 saturated heterocycles. The largest absolute Gasteiger partial charge is 0.462 e. The third kappa shape index (κ3) is 5.37. The van der Waals surface area contributed by atoms with Gasteiger partial charge in [0.25, 0.3) is 0 Å². The molecule has 154 valence electrons. The van der Waals surface area contributed by atoms with Gasteiger partial charge in [0, 0.05) is 17.2 Å². The number of carbonyl (C=O) groups excluding carboxylic acids is 1. The van der Waals surface area contributed by atoms with Crippen LogP contribution in [-0.2, 0) is 11.2 Å². The monoisotopic (exact) mass is 417 g/mol. The summed E-state index contributed by atoms with van der Waals surface area (Å²) in [5, 5.41) is 0. The number of benzene rings is 2. The van der Waals surface area contributed by atoms with Crippen LogP contribution in [0, 0.1) is 23.5 Å². The van der Waals surface area contributed by atoms with E-state index in [1.165, 1.54) is 29.2 Å². The van der Waals surface area contributed by atoms with Crippen LogP contribution in [-0.4, -0.2) is 42.9 Å². The van der Waals surface area contributed by atoms with Crippen molar-refractivity contribution in [3.05, 3.63) is 65.2 Å². The van der Waals surface area contributed by atoms with Crippen LogP contribution < -0.4 is 0 Å². The van der Waals surface area contributed by atoms with Gasteiger partial charge in [0.2, 0.25) is 0 Å². The summed E-state index contributed by atoms with van der Waals surface area (Å²) in [4.78, 5) is 15.8. The highest BCUT2D eigenvalue weighted by molar-refractivity contribution is 7.99. The molecule has 1 fully saturated rings. The van der Waals surface area contributed by atoms with Gasteiger partial charge in [-0.1, -0.05) is 0 Å². The maximum Gasteiger partial charge on any atom is 0.338 e. The zero-order valence-electron chi connectivity index (χ0n) is 16.3. The molecule has 6 heteroatoms. The van der Waals surface area contributed by atoms with Gasteiger partial charge in [0.15, 0.2) is 0 Å². The second kappa shape index (κ2) is 9.26. The van der Waals surface area contributed by atoms with Gasteiger partial charge in [-0.15, -0.1) is 11.8 Å². The minimum atomic E-state index is -0.391. The second-order valence-corrected chi connectivity index (χ2v) is 9.04. The minimum absolute atomic E-state index is 0.152. The molecule has 0 aliphatic carbocycles. The number of piperidine rings is 1. The number of rotatable bonds is 5. The Balaban J connectivity index is 1.20. The van der Waals surface area contributed by atoms with Crippen molar-refractivity contribution in [1.29, 1.82) is 0 Å². The van der Waals surface area contributed by atoms with Gasteiger partial charge in [0.05, 0.1) is 12.2 Å². The summed E-state index contributed by atoms with van der Waals surface area (Å²) in [5.74, 6) is 1.08. The third-order valence-corrected chi connectivity index (χ3v) is 7.11. The van der Waals surface area contributed by atoms with Crippen LogP contribution in [0.3, 0.4) is 0 Å². The Bertz CT molecular complexity index is 850. The normalized spacial score (nSPS) is 20.3. The number of nitrogens with zero attached hydrogens (tertiary/aromatic N) is 1. The molecule has 0 amide bonds. The molecule has 0 bridgehead atoms. The van der Waals surface area contributed by atoms with Crippen LogP contribution in [0.1, 0.15) is 28.8 Å². The van der Waals surface area contributed by atoms with Gasteiger partial charge >= 0.3 is 5.97 Å². The standard InChI is InChI=1S/C23H25F2NO2S/c24-20-3-1-18(2-4-20)23(27)28-14-16-7-9-26(10-8-16)13-17-11-19-12-21(25)5-6-22(19)29-15-17/h1-6,12,16-17H,7-11,13-15H2. The first-order chi connectivity index (χ1) is 14.1. The van der Waals surface area contributed by atoms with Gasteiger partial charge < -0.3 is 9.64 Å². The van der Waals surface area contributed by atoms with E-state index in [-0.39, 0.29) is 11.6 Å². The summed E-state index contributed by atoms with van der Waals surface area (Å²) >= 11 is 1.83. The van der Waals surface area contributed by atoms with Crippen LogP contribution in [0.4, 0.5) is 8.78 Å². The summed E-state index contributed by atoms with van der Waals surface area (Å²) < 4.78 is 31.9. The quantitative estimate of drug-likeness (QED) is 0.654. The molecule has 4 rings (SSSR count). The van der Waals surface area contributed by atoms with Crippen molar-refractivity contribution >= 4 is 17.7 Å². The number of ether oxygens (including phenoxy) is 1. The minimum Gasteiger partial charge on any atom is -0.462 e. The number of esters is 1. The lowest BCUT2D eigenvalue weighted by molar-refractivity contribution is 0.0366. The Hall–Kier alpha value is -1.92. The van der Waals surface area contributed by atoms with Crippen LogP contribution in [0.25, 0.3) is 0 Å². The van der Waals surface area contributed by atoms with Gasteiger partial charge in [-0.25, -0.2) is 13.6 Å². The fourth-order valence-electron chi connectivity index (χ4n) is 4.11. The Labute approximate surface area is 174 Å². The fourth-order valence-corrected chi connectivity index (χ4v) is 5.24. The van der Waals surface area contributed by atoms with E-state index in [2.05, 4.69) is 4.90 Å². The van der Waals surface area contributed by atoms with Crippen LogP contribution in [0.15, 0.2) is 47.4 Å². The fraction of sp³-hybridized carbons (Fsp3) is 0.435. The maximum atomic E-state index is 13.5. The lowest BCUT2D eigenvalue weighted by Gasteiger charge is -2.35. The molecule has 0 radical (unpaired) electrons. The molecule has 0 N–H and O–H groups in total. The predicted octanol–water partition coefficient (Wildman–Crippen LogP) is 4.80. The van der Waals surface area contributed by atoms with Gasteiger partial charge in [-0.3, -0.25) is 0 Å². The van der Waals surface area contributed by atoms with E-state index >= 15 is 0 Å². The van der Waals surface area contributed by atoms with Gasteiger partial charge in [0.1, 0.15) is 11.6 Å². The molecule has 0 spiro atoms. The number of fused-ring (bicyclic) bond motifs is 1. The number of likely N-dealkylation sites (tertiary alicyclic amines) is 1. The number of hydrogen-bond acceptors (Lipinski definition) is 4. The Morgan fingerprint density at radius 2 is 1.76 bits per heavy atom. The lowest BCUT2D eigenvalue weighted by Crippen LogP contribution is -2.39. The first-order valence-electron chi connectivity index (χ1n) is 10.1. The second-order valence-electron chi connectivity index (χ2n) is 7.98. The predicted molar refractivity (Wildman–Crippen MR) is 110 cm³/mol. The highest BCUT2D eigenvalue weighted by atomic mass is 32.2. The van der Waals surface area contributed by atoms with Crippen molar-refractivity contribution < 1.29 is 18.3 Å². The van der Waals surface area contributed by atoms with E-state index in [4.69, 9.17) is 4.74 Å². The molecular weight excluding hydrogens is 392 g/mol. The summed E-state index contributed by atoms with van der Waals surface area (Å²) in [6.45, 7) is 3.44. The SMILES string of the molecule is O=C(OCC1CCN(CC2CSc3ccc(F)cc3C2)CC1)c1ccc(F)cc1. The summed E-state index contributed by atoms with van der Waals surface area (Å²) in [6.07, 6.45) is 2.94. The van der Waals surface area contributed by atoms with Crippen LogP contribution >= 0.6 is 11.8 Å². The number of halogens is 2. The Morgan fingerprint density at radius 3 is 2.52 bits per heavy atom. The first kappa shape index (κ1) is 20.4. The van der Waals surface area contributed by atoms with E-state index in [0.29, 0.717) is 24.0 Å². The van der Waals surface area contributed by atoms with E-state index in [0.717, 1.165) is 50.2 Å². The van der Waals surface area contributed by atoms with Crippen molar-refractivity contribution in [3.63, 3.8) is 0 Å². The molecule has 2 aliphatic rings. The molecule has 2 heterocycles. The van der Waals surface area contributed by atoms with E-state index in [9.17, 15) is 13.6 Å². The van der Waals surface area contributed by atoms with Crippen LogP contribution in [0.2, 0.25) is 0 Å². The average Bonchev–Trinajstić information content (AvgIpc) is 2.73. The number of carbonyl (C=O) groups is 1. The Morgan fingerprint density at radius 1 is 1.03 bits per heavy atom. The lowest BCUT2D eigenvalue weighted by atomic mass is 9.95. The number of hydrogen-bond donors (Lipinski definition) is 0. The highest BCUT2D eigenvalue weighted by Gasteiger charge is 2.25. The topological polar surface area (TPSA) is 29.5 Å². The highest BCUT2D eigenvalue weighted by Crippen LogP contribution is 2.34. The molecule has 1 atom stereocenters. The number of thioether (sulfide) groups is 1. The molecule has 3 nitrogen and oxygen atoms in total. The van der Waals surface area contributed by atoms with Crippen molar-refractivity contribution in [3.8, 4) is 0 Å². The molecule has 2 aromatic carbocycles. The molecule has 2 aromatic rings. The summed E-state index contributed by atoms with van der Waals surface area (Å²) in [6, 6.07) is 10.6. The van der Waals surface area contributed by atoms with Gasteiger partial charge in [-0.05, 0) is 92.2 Å². The molecule has 0 aromatic heterocycles. The average molecular weight is 418 g/mol. The van der Waals surface area contributed by atoms with Crippen molar-refractivity contribution in [2.75, 3.05) is 32.0 Å². The van der Waals surface area contributed by atoms with Crippen molar-refractivity contribution in [2.24, 2.45) is 11.8 Å². The maximum absolute atomic E-state index is 13.5. The van der Waals surface area contributed by atoms with Crippen molar-refractivity contribution in [2.45, 2.75) is 24.2 Å². The van der Waals surface area contributed by atoms with E-state index < -0.39 is 5.97 Å². The molecular formula is C23H25F2NO2S. The molecule has 29 heavy (non-hydrogen) atoms. The Kier molecular flexibility index (Phi) is 6.50. The smallest absolute Gasteiger partial charge is 0.338 e. The zero-order chi connectivity index (χ0) is 20.2. The third-order valence-electron chi connectivity index (χ3n) is 5.76. The molecule has 2 aliphatic heterocycles. The summed E-state index contributed by atoms with van der Waals surface area (Å²) in [7, 11) is 0. The van der Waals surface area contributed by atoms with E-state index in [1.54, 1.807) is 12.1 Å².